The van der Waals surface area contributed by atoms with Gasteiger partial charge in [-0.25, -0.2) is 0 Å². The molecule has 2 rings (SSSR count). The van der Waals surface area contributed by atoms with Crippen LogP contribution in [0.25, 0.3) is 12.2 Å². The molecule has 2 aromatic rings. The number of allylic oxidation sites excluding steroid dienone is 2. The summed E-state index contributed by atoms with van der Waals surface area (Å²) in [6.45, 7) is 3.74. The van der Waals surface area contributed by atoms with Crippen molar-refractivity contribution in [1.29, 1.82) is 0 Å². The standard InChI is InChI=1S/C23H24N2O2/c1-18(2)24-23(27)21(15-9-14-19-10-5-3-6-11-19)25-22(26)17-16-20-12-7-4-8-13-20/h3-18H,1-2H3,(H,24,27)(H,25,26)/b14-9+,17-16?,21-15-. The predicted octanol–water partition coefficient (Wildman–Crippen LogP) is 3.94. The molecule has 27 heavy (non-hydrogen) atoms. The summed E-state index contributed by atoms with van der Waals surface area (Å²) in [5.74, 6) is -0.693. The van der Waals surface area contributed by atoms with E-state index in [1.54, 1.807) is 18.2 Å². The van der Waals surface area contributed by atoms with E-state index in [-0.39, 0.29) is 23.6 Å². The van der Waals surface area contributed by atoms with Gasteiger partial charge in [-0.15, -0.1) is 0 Å². The van der Waals surface area contributed by atoms with Crippen LogP contribution < -0.4 is 10.6 Å². The quantitative estimate of drug-likeness (QED) is 0.580. The average Bonchev–Trinajstić information content (AvgIpc) is 2.66. The average molecular weight is 360 g/mol. The summed E-state index contributed by atoms with van der Waals surface area (Å²) in [6, 6.07) is 19.2. The molecule has 0 saturated carbocycles. The molecule has 0 radical (unpaired) electrons. The fourth-order valence-corrected chi connectivity index (χ4v) is 2.24. The second-order valence-corrected chi connectivity index (χ2v) is 6.21. The van der Waals surface area contributed by atoms with Crippen molar-refractivity contribution < 1.29 is 9.59 Å². The third-order valence-electron chi connectivity index (χ3n) is 3.50. The molecule has 0 unspecified atom stereocenters. The minimum atomic E-state index is -0.364. The third-order valence-corrected chi connectivity index (χ3v) is 3.50. The van der Waals surface area contributed by atoms with Crippen molar-refractivity contribution in [2.75, 3.05) is 0 Å². The molecule has 2 aromatic carbocycles. The molecule has 0 aliphatic heterocycles. The molecule has 0 aliphatic carbocycles. The lowest BCUT2D eigenvalue weighted by Gasteiger charge is -2.11. The van der Waals surface area contributed by atoms with Crippen LogP contribution in [0.1, 0.15) is 25.0 Å². The van der Waals surface area contributed by atoms with Gasteiger partial charge >= 0.3 is 0 Å². The normalized spacial score (nSPS) is 11.9. The van der Waals surface area contributed by atoms with Gasteiger partial charge in [-0.05, 0) is 37.1 Å². The highest BCUT2D eigenvalue weighted by molar-refractivity contribution is 6.01. The summed E-state index contributed by atoms with van der Waals surface area (Å²) in [4.78, 5) is 24.6. The zero-order valence-electron chi connectivity index (χ0n) is 15.6. The molecule has 0 saturated heterocycles. The molecule has 0 atom stereocenters. The summed E-state index contributed by atoms with van der Waals surface area (Å²) in [6.07, 6.45) is 8.32. The van der Waals surface area contributed by atoms with E-state index in [1.165, 1.54) is 6.08 Å². The second kappa shape index (κ2) is 10.6. The molecule has 0 bridgehead atoms. The predicted molar refractivity (Wildman–Crippen MR) is 110 cm³/mol. The Morgan fingerprint density at radius 1 is 0.852 bits per heavy atom. The van der Waals surface area contributed by atoms with Crippen molar-refractivity contribution in [2.45, 2.75) is 19.9 Å². The van der Waals surface area contributed by atoms with Crippen LogP contribution in [0.2, 0.25) is 0 Å². The first-order valence-corrected chi connectivity index (χ1v) is 8.83. The van der Waals surface area contributed by atoms with Gasteiger partial charge in [-0.2, -0.15) is 0 Å². The molecule has 4 nitrogen and oxygen atoms in total. The molecular formula is C23H24N2O2. The van der Waals surface area contributed by atoms with E-state index in [0.29, 0.717) is 0 Å². The van der Waals surface area contributed by atoms with E-state index in [0.717, 1.165) is 11.1 Å². The van der Waals surface area contributed by atoms with Crippen molar-refractivity contribution >= 4 is 24.0 Å². The van der Waals surface area contributed by atoms with Gasteiger partial charge in [0.15, 0.2) is 0 Å². The Balaban J connectivity index is 2.10. The van der Waals surface area contributed by atoms with Gasteiger partial charge in [0.1, 0.15) is 5.70 Å². The van der Waals surface area contributed by atoms with Crippen LogP contribution >= 0.6 is 0 Å². The zero-order chi connectivity index (χ0) is 19.5. The first-order valence-electron chi connectivity index (χ1n) is 8.83. The van der Waals surface area contributed by atoms with Crippen LogP contribution in [0, 0.1) is 0 Å². The van der Waals surface area contributed by atoms with E-state index in [2.05, 4.69) is 10.6 Å². The summed E-state index contributed by atoms with van der Waals surface area (Å²) < 4.78 is 0. The highest BCUT2D eigenvalue weighted by atomic mass is 16.2. The molecule has 0 heterocycles. The maximum atomic E-state index is 12.4. The second-order valence-electron chi connectivity index (χ2n) is 6.21. The smallest absolute Gasteiger partial charge is 0.267 e. The van der Waals surface area contributed by atoms with Gasteiger partial charge in [0, 0.05) is 12.1 Å². The van der Waals surface area contributed by atoms with Crippen molar-refractivity contribution in [3.8, 4) is 0 Å². The summed E-state index contributed by atoms with van der Waals surface area (Å²) in [7, 11) is 0. The van der Waals surface area contributed by atoms with Crippen LogP contribution in [0.4, 0.5) is 0 Å². The largest absolute Gasteiger partial charge is 0.349 e. The summed E-state index contributed by atoms with van der Waals surface area (Å²) in [5, 5.41) is 5.44. The number of hydrogen-bond acceptors (Lipinski definition) is 2. The monoisotopic (exact) mass is 360 g/mol. The van der Waals surface area contributed by atoms with Crippen molar-refractivity contribution in [3.63, 3.8) is 0 Å². The van der Waals surface area contributed by atoms with Crippen LogP contribution in [-0.4, -0.2) is 17.9 Å². The number of rotatable bonds is 7. The van der Waals surface area contributed by atoms with E-state index < -0.39 is 0 Å². The van der Waals surface area contributed by atoms with Gasteiger partial charge in [-0.1, -0.05) is 72.8 Å². The topological polar surface area (TPSA) is 58.2 Å². The van der Waals surface area contributed by atoms with E-state index in [9.17, 15) is 9.59 Å². The molecule has 2 amide bonds. The summed E-state index contributed by atoms with van der Waals surface area (Å²) >= 11 is 0. The minimum absolute atomic E-state index is 0.0317. The van der Waals surface area contributed by atoms with E-state index in [4.69, 9.17) is 0 Å². The highest BCUT2D eigenvalue weighted by Gasteiger charge is 2.11. The number of carbonyl (C=O) groups excluding carboxylic acids is 2. The number of benzene rings is 2. The fourth-order valence-electron chi connectivity index (χ4n) is 2.24. The SMILES string of the molecule is CC(C)NC(=O)/C(=C/C=C/c1ccccc1)NC(=O)C=Cc1ccccc1. The Kier molecular flexibility index (Phi) is 7.79. The third kappa shape index (κ3) is 7.57. The van der Waals surface area contributed by atoms with Gasteiger partial charge in [0.05, 0.1) is 0 Å². The molecule has 0 aliphatic rings. The minimum Gasteiger partial charge on any atom is -0.349 e. The van der Waals surface area contributed by atoms with Crippen molar-refractivity contribution in [1.82, 2.24) is 10.6 Å². The molecule has 0 aromatic heterocycles. The van der Waals surface area contributed by atoms with E-state index >= 15 is 0 Å². The number of amides is 2. The first-order chi connectivity index (χ1) is 13.0. The zero-order valence-corrected chi connectivity index (χ0v) is 15.6. The Morgan fingerprint density at radius 3 is 1.96 bits per heavy atom. The highest BCUT2D eigenvalue weighted by Crippen LogP contribution is 2.03. The Morgan fingerprint density at radius 2 is 1.41 bits per heavy atom. The number of nitrogens with one attached hydrogen (secondary N) is 2. The van der Waals surface area contributed by atoms with Crippen molar-refractivity contribution in [2.24, 2.45) is 0 Å². The van der Waals surface area contributed by atoms with Gasteiger partial charge in [0.25, 0.3) is 5.91 Å². The van der Waals surface area contributed by atoms with Crippen LogP contribution in [0.15, 0.2) is 84.6 Å². The van der Waals surface area contributed by atoms with E-state index in [1.807, 2.05) is 80.6 Å². The fraction of sp³-hybridized carbons (Fsp3) is 0.130. The molecule has 138 valence electrons. The van der Waals surface area contributed by atoms with Crippen LogP contribution in [-0.2, 0) is 9.59 Å². The molecule has 2 N–H and O–H groups in total. The molecule has 0 fully saturated rings. The van der Waals surface area contributed by atoms with Gasteiger partial charge in [-0.3, -0.25) is 9.59 Å². The Labute approximate surface area is 160 Å². The number of carbonyl (C=O) groups is 2. The van der Waals surface area contributed by atoms with Gasteiger partial charge < -0.3 is 10.6 Å². The maximum Gasteiger partial charge on any atom is 0.267 e. The molecular weight excluding hydrogens is 336 g/mol. The lowest BCUT2D eigenvalue weighted by atomic mass is 10.2. The molecule has 4 heteroatoms. The molecule has 0 spiro atoms. The lowest BCUT2D eigenvalue weighted by Crippen LogP contribution is -2.37. The van der Waals surface area contributed by atoms with Crippen LogP contribution in [0.3, 0.4) is 0 Å². The van der Waals surface area contributed by atoms with Crippen LogP contribution in [0.5, 0.6) is 0 Å². The summed E-state index contributed by atoms with van der Waals surface area (Å²) in [5.41, 5.74) is 2.11. The Hall–Kier alpha value is -3.40. The maximum absolute atomic E-state index is 12.4. The van der Waals surface area contributed by atoms with Crippen molar-refractivity contribution in [3.05, 3.63) is 95.7 Å². The number of hydrogen-bond donors (Lipinski definition) is 2. The Bertz CT molecular complexity index is 835. The van der Waals surface area contributed by atoms with Gasteiger partial charge in [0.2, 0.25) is 5.91 Å². The lowest BCUT2D eigenvalue weighted by molar-refractivity contribution is -0.121. The first kappa shape index (κ1) is 19.9.